The standard InChI is InChI=1S/C27H29I/c1-5-11-23-24-15-8-9-16-25(24)27(3,4)26(23)18-17-21(13-10-19-28)22-14-7-6-12-20(22)2/h6-16,18H,2,5,17,19H2,1,3-4H3/b13-10-,22-21+,23-11-,26-18+. The third-order valence-corrected chi connectivity index (χ3v) is 6.07. The van der Waals surface area contributed by atoms with Crippen LogP contribution in [0.3, 0.4) is 0 Å². The van der Waals surface area contributed by atoms with Gasteiger partial charge in [-0.1, -0.05) is 123 Å². The zero-order valence-electron chi connectivity index (χ0n) is 17.1. The maximum Gasteiger partial charge on any atom is 0.0179 e. The first-order chi connectivity index (χ1) is 13.5. The van der Waals surface area contributed by atoms with Gasteiger partial charge in [-0.15, -0.1) is 0 Å². The van der Waals surface area contributed by atoms with Crippen LogP contribution >= 0.6 is 22.6 Å². The van der Waals surface area contributed by atoms with Crippen molar-refractivity contribution in [3.63, 3.8) is 0 Å². The molecular formula is C27H29I. The van der Waals surface area contributed by atoms with Gasteiger partial charge in [0.25, 0.3) is 0 Å². The lowest BCUT2D eigenvalue weighted by Gasteiger charge is -2.22. The van der Waals surface area contributed by atoms with E-state index in [0.29, 0.717) is 0 Å². The first-order valence-corrected chi connectivity index (χ1v) is 11.5. The van der Waals surface area contributed by atoms with Crippen LogP contribution in [0.5, 0.6) is 0 Å². The predicted octanol–water partition coefficient (Wildman–Crippen LogP) is 6.34. The van der Waals surface area contributed by atoms with E-state index >= 15 is 0 Å². The van der Waals surface area contributed by atoms with Gasteiger partial charge in [0, 0.05) is 9.84 Å². The molecule has 0 N–H and O–H groups in total. The average molecular weight is 480 g/mol. The fourth-order valence-electron chi connectivity index (χ4n) is 4.18. The molecule has 0 unspecified atom stereocenters. The Morgan fingerprint density at radius 1 is 1.04 bits per heavy atom. The smallest absolute Gasteiger partial charge is 0.0179 e. The minimum atomic E-state index is 0.0274. The van der Waals surface area contributed by atoms with Crippen molar-refractivity contribution in [1.82, 2.24) is 0 Å². The first kappa shape index (κ1) is 20.9. The van der Waals surface area contributed by atoms with E-state index in [1.807, 2.05) is 0 Å². The van der Waals surface area contributed by atoms with Crippen LogP contribution in [0.1, 0.15) is 44.7 Å². The Hall–Kier alpha value is -1.87. The van der Waals surface area contributed by atoms with E-state index in [1.54, 1.807) is 0 Å². The zero-order chi connectivity index (χ0) is 20.1. The molecule has 0 atom stereocenters. The van der Waals surface area contributed by atoms with Crippen LogP contribution < -0.4 is 10.4 Å². The summed E-state index contributed by atoms with van der Waals surface area (Å²) in [6, 6.07) is 17.3. The van der Waals surface area contributed by atoms with E-state index in [1.165, 1.54) is 33.1 Å². The Labute approximate surface area is 183 Å². The fourth-order valence-corrected chi connectivity index (χ4v) is 4.43. The molecule has 28 heavy (non-hydrogen) atoms. The lowest BCUT2D eigenvalue weighted by Crippen LogP contribution is -2.24. The molecule has 0 saturated carbocycles. The van der Waals surface area contributed by atoms with Crippen LogP contribution in [0.4, 0.5) is 0 Å². The maximum absolute atomic E-state index is 4.25. The topological polar surface area (TPSA) is 0 Å². The number of rotatable bonds is 5. The average Bonchev–Trinajstić information content (AvgIpc) is 2.90. The SMILES string of the molecule is C=c1cccc/c1=C(/C=C\CI)C/C=C1\C(=C/CC)c2ccccc2C1(C)C. The van der Waals surface area contributed by atoms with Crippen molar-refractivity contribution in [2.24, 2.45) is 0 Å². The van der Waals surface area contributed by atoms with Crippen molar-refractivity contribution in [2.75, 3.05) is 4.43 Å². The highest BCUT2D eigenvalue weighted by Gasteiger charge is 2.37. The summed E-state index contributed by atoms with van der Waals surface area (Å²) in [5, 5.41) is 2.34. The summed E-state index contributed by atoms with van der Waals surface area (Å²) in [7, 11) is 0. The predicted molar refractivity (Wildman–Crippen MR) is 133 cm³/mol. The summed E-state index contributed by atoms with van der Waals surface area (Å²) < 4.78 is 1.01. The molecule has 2 aromatic carbocycles. The number of alkyl halides is 1. The highest BCUT2D eigenvalue weighted by Crippen LogP contribution is 2.49. The van der Waals surface area contributed by atoms with Crippen LogP contribution in [0.15, 0.2) is 78.4 Å². The summed E-state index contributed by atoms with van der Waals surface area (Å²) in [6.07, 6.45) is 11.3. The van der Waals surface area contributed by atoms with Gasteiger partial charge in [-0.05, 0) is 51.1 Å². The van der Waals surface area contributed by atoms with Crippen LogP contribution in [-0.2, 0) is 5.41 Å². The third kappa shape index (κ3) is 4.10. The van der Waals surface area contributed by atoms with Crippen LogP contribution in [0.25, 0.3) is 17.7 Å². The molecule has 0 fully saturated rings. The van der Waals surface area contributed by atoms with Crippen molar-refractivity contribution < 1.29 is 0 Å². The van der Waals surface area contributed by atoms with E-state index in [2.05, 4.69) is 123 Å². The maximum atomic E-state index is 4.25. The molecule has 0 amide bonds. The van der Waals surface area contributed by atoms with Gasteiger partial charge in [0.05, 0.1) is 0 Å². The molecule has 0 aliphatic heterocycles. The lowest BCUT2D eigenvalue weighted by molar-refractivity contribution is 0.658. The highest BCUT2D eigenvalue weighted by molar-refractivity contribution is 14.1. The molecule has 1 aliphatic carbocycles. The number of allylic oxidation sites excluding steroid dienone is 6. The van der Waals surface area contributed by atoms with Gasteiger partial charge in [0.15, 0.2) is 0 Å². The molecule has 0 aromatic heterocycles. The normalized spacial score (nSPS) is 19.4. The van der Waals surface area contributed by atoms with Gasteiger partial charge in [-0.2, -0.15) is 0 Å². The van der Waals surface area contributed by atoms with Crippen molar-refractivity contribution in [2.45, 2.75) is 39.0 Å². The van der Waals surface area contributed by atoms with Gasteiger partial charge < -0.3 is 0 Å². The van der Waals surface area contributed by atoms with Crippen molar-refractivity contribution in [3.8, 4) is 0 Å². The molecule has 0 radical (unpaired) electrons. The van der Waals surface area contributed by atoms with Crippen molar-refractivity contribution in [3.05, 3.63) is 100.0 Å². The number of fused-ring (bicyclic) bond motifs is 1. The molecule has 0 bridgehead atoms. The van der Waals surface area contributed by atoms with E-state index in [-0.39, 0.29) is 5.41 Å². The third-order valence-electron chi connectivity index (χ3n) is 5.56. The summed E-state index contributed by atoms with van der Waals surface area (Å²) in [5.74, 6) is 0. The van der Waals surface area contributed by atoms with Gasteiger partial charge in [-0.3, -0.25) is 0 Å². The number of hydrogen-bond acceptors (Lipinski definition) is 0. The van der Waals surface area contributed by atoms with Gasteiger partial charge in [0.2, 0.25) is 0 Å². The Bertz CT molecular complexity index is 1050. The zero-order valence-corrected chi connectivity index (χ0v) is 19.3. The largest absolute Gasteiger partial charge is 0.0911 e. The van der Waals surface area contributed by atoms with Gasteiger partial charge in [-0.25, -0.2) is 0 Å². The second kappa shape index (κ2) is 9.09. The Morgan fingerprint density at radius 2 is 1.75 bits per heavy atom. The quantitative estimate of drug-likeness (QED) is 0.346. The molecule has 0 saturated heterocycles. The summed E-state index contributed by atoms with van der Waals surface area (Å²) in [5.41, 5.74) is 7.03. The molecular weight excluding hydrogens is 451 g/mol. The van der Waals surface area contributed by atoms with E-state index < -0.39 is 0 Å². The Morgan fingerprint density at radius 3 is 2.46 bits per heavy atom. The minimum absolute atomic E-state index is 0.0274. The second-order valence-electron chi connectivity index (χ2n) is 7.76. The van der Waals surface area contributed by atoms with Crippen LogP contribution in [0.2, 0.25) is 0 Å². The van der Waals surface area contributed by atoms with E-state index in [9.17, 15) is 0 Å². The molecule has 1 aliphatic rings. The minimum Gasteiger partial charge on any atom is -0.0911 e. The molecule has 0 heterocycles. The molecule has 1 heteroatoms. The highest BCUT2D eigenvalue weighted by atomic mass is 127. The fraction of sp³-hybridized carbons (Fsp3) is 0.259. The molecule has 0 nitrogen and oxygen atoms in total. The lowest BCUT2D eigenvalue weighted by atomic mass is 9.81. The summed E-state index contributed by atoms with van der Waals surface area (Å²) in [6.45, 7) is 11.2. The number of benzene rings is 2. The molecule has 3 rings (SSSR count). The van der Waals surface area contributed by atoms with E-state index in [0.717, 1.165) is 22.5 Å². The first-order valence-electron chi connectivity index (χ1n) is 10.0. The number of hydrogen-bond donors (Lipinski definition) is 0. The summed E-state index contributed by atoms with van der Waals surface area (Å²) in [4.78, 5) is 0. The van der Waals surface area contributed by atoms with Gasteiger partial charge in [0.1, 0.15) is 0 Å². The Kier molecular flexibility index (Phi) is 6.77. The Balaban J connectivity index is 2.13. The van der Waals surface area contributed by atoms with Crippen LogP contribution in [0, 0.1) is 0 Å². The van der Waals surface area contributed by atoms with Gasteiger partial charge >= 0.3 is 0 Å². The molecule has 0 spiro atoms. The van der Waals surface area contributed by atoms with Crippen molar-refractivity contribution >= 4 is 40.3 Å². The monoisotopic (exact) mass is 480 g/mol. The second-order valence-corrected chi connectivity index (χ2v) is 8.64. The molecule has 2 aromatic rings. The van der Waals surface area contributed by atoms with Crippen molar-refractivity contribution in [1.29, 1.82) is 0 Å². The van der Waals surface area contributed by atoms with Crippen LogP contribution in [-0.4, -0.2) is 4.43 Å². The molecule has 144 valence electrons. The van der Waals surface area contributed by atoms with E-state index in [4.69, 9.17) is 0 Å². The number of halogens is 1. The summed E-state index contributed by atoms with van der Waals surface area (Å²) >= 11 is 2.40.